The second-order valence-corrected chi connectivity index (χ2v) is 13.5. The average Bonchev–Trinajstić information content (AvgIpc) is 3.76. The Bertz CT molecular complexity index is 1180. The van der Waals surface area contributed by atoms with Gasteiger partial charge in [-0.15, -0.1) is 0 Å². The highest BCUT2D eigenvalue weighted by atomic mass is 16.6. The number of epoxide rings is 1. The molecule has 5 atom stereocenters. The Labute approximate surface area is 273 Å². The molecule has 0 radical (unpaired) electrons. The van der Waals surface area contributed by atoms with Crippen molar-refractivity contribution in [2.45, 2.75) is 97.0 Å². The van der Waals surface area contributed by atoms with Gasteiger partial charge in [0.05, 0.1) is 32.4 Å². The van der Waals surface area contributed by atoms with Crippen molar-refractivity contribution in [2.24, 2.45) is 11.8 Å². The second kappa shape index (κ2) is 17.5. The van der Waals surface area contributed by atoms with Gasteiger partial charge in [-0.1, -0.05) is 58.0 Å². The fourth-order valence-electron chi connectivity index (χ4n) is 5.40. The fraction of sp³-hybridized carbons (Fsp3) is 0.676. The van der Waals surface area contributed by atoms with Crippen molar-refractivity contribution >= 4 is 29.4 Å². The number of morpholine rings is 1. The van der Waals surface area contributed by atoms with Gasteiger partial charge in [0.25, 0.3) is 0 Å². The van der Waals surface area contributed by atoms with Crippen molar-refractivity contribution in [3.63, 3.8) is 0 Å². The van der Waals surface area contributed by atoms with Crippen molar-refractivity contribution in [1.29, 1.82) is 0 Å². The lowest BCUT2D eigenvalue weighted by Crippen LogP contribution is -2.58. The maximum absolute atomic E-state index is 13.7. The number of nitrogens with zero attached hydrogens (tertiary/aromatic N) is 1. The standard InChI is InChI=1S/C34H53N5O7/c1-22(2)18-27(30(41)34(6)21-46-34)37-31(42)24(5)35-33(44)28(19-23(3)4)38-32(43)26(13-12-25-10-8-7-9-11-25)36-29(40)20-39-14-16-45-17-15-39/h7-11,22-24,26-28H,12-21H2,1-6H3,(H,35,44)(H,36,40)(H,37,42)(H,38,43). The molecule has 12 nitrogen and oxygen atoms in total. The minimum Gasteiger partial charge on any atom is -0.379 e. The topological polar surface area (TPSA) is 158 Å². The van der Waals surface area contributed by atoms with Crippen molar-refractivity contribution < 1.29 is 33.4 Å². The van der Waals surface area contributed by atoms with Crippen LogP contribution < -0.4 is 21.3 Å². The molecule has 3 rings (SSSR count). The van der Waals surface area contributed by atoms with Gasteiger partial charge < -0.3 is 30.7 Å². The van der Waals surface area contributed by atoms with E-state index in [-0.39, 0.29) is 30.1 Å². The number of hydrogen-bond acceptors (Lipinski definition) is 8. The molecule has 5 unspecified atom stereocenters. The first-order valence-corrected chi connectivity index (χ1v) is 16.5. The minimum absolute atomic E-state index is 0.0474. The van der Waals surface area contributed by atoms with Crippen LogP contribution in [0.4, 0.5) is 0 Å². The number of hydrogen-bond donors (Lipinski definition) is 4. The van der Waals surface area contributed by atoms with Gasteiger partial charge in [-0.3, -0.25) is 28.9 Å². The number of Topliss-reactive ketones (excluding diaryl/α,β-unsaturated/α-hetero) is 1. The lowest BCUT2D eigenvalue weighted by atomic mass is 9.93. The van der Waals surface area contributed by atoms with E-state index in [0.717, 1.165) is 5.56 Å². The van der Waals surface area contributed by atoms with Gasteiger partial charge in [0.2, 0.25) is 23.6 Å². The zero-order valence-electron chi connectivity index (χ0n) is 28.2. The van der Waals surface area contributed by atoms with Crippen LogP contribution in [-0.2, 0) is 39.9 Å². The Morgan fingerprint density at radius 3 is 1.93 bits per heavy atom. The number of amides is 4. The number of carbonyl (C=O) groups excluding carboxylic acids is 5. The monoisotopic (exact) mass is 643 g/mol. The van der Waals surface area contributed by atoms with Crippen LogP contribution in [0.1, 0.15) is 66.4 Å². The third kappa shape index (κ3) is 12.1. The number of rotatable bonds is 18. The maximum Gasteiger partial charge on any atom is 0.243 e. The van der Waals surface area contributed by atoms with Crippen molar-refractivity contribution in [3.8, 4) is 0 Å². The van der Waals surface area contributed by atoms with Gasteiger partial charge in [-0.25, -0.2) is 0 Å². The van der Waals surface area contributed by atoms with Crippen LogP contribution in [0.2, 0.25) is 0 Å². The normalized spacial score (nSPS) is 20.7. The third-order valence-corrected chi connectivity index (χ3v) is 8.22. The Morgan fingerprint density at radius 2 is 1.35 bits per heavy atom. The summed E-state index contributed by atoms with van der Waals surface area (Å²) < 4.78 is 10.7. The SMILES string of the molecule is CC(C)CC(NC(=O)C(CCc1ccccc1)NC(=O)CN1CCOCC1)C(=O)NC(C)C(=O)NC(CC(C)C)C(=O)C1(C)CO1. The Hall–Kier alpha value is -3.35. The molecule has 2 aliphatic heterocycles. The largest absolute Gasteiger partial charge is 0.379 e. The molecule has 12 heteroatoms. The number of ketones is 1. The summed E-state index contributed by atoms with van der Waals surface area (Å²) in [7, 11) is 0. The van der Waals surface area contributed by atoms with E-state index in [9.17, 15) is 24.0 Å². The zero-order chi connectivity index (χ0) is 33.9. The molecule has 2 saturated heterocycles. The molecule has 0 spiro atoms. The van der Waals surface area contributed by atoms with E-state index in [4.69, 9.17) is 9.47 Å². The maximum atomic E-state index is 13.7. The van der Waals surface area contributed by atoms with Crippen LogP contribution >= 0.6 is 0 Å². The van der Waals surface area contributed by atoms with Crippen LogP contribution in [-0.4, -0.2) is 104 Å². The second-order valence-electron chi connectivity index (χ2n) is 13.5. The summed E-state index contributed by atoms with van der Waals surface area (Å²) >= 11 is 0. The van der Waals surface area contributed by atoms with Crippen LogP contribution in [0.25, 0.3) is 0 Å². The molecule has 1 aromatic carbocycles. The molecule has 4 N–H and O–H groups in total. The average molecular weight is 644 g/mol. The van der Waals surface area contributed by atoms with Crippen molar-refractivity contribution in [1.82, 2.24) is 26.2 Å². The first-order valence-electron chi connectivity index (χ1n) is 16.5. The molecule has 0 saturated carbocycles. The molecule has 0 aromatic heterocycles. The molecule has 2 aliphatic rings. The van der Waals surface area contributed by atoms with Crippen molar-refractivity contribution in [2.75, 3.05) is 39.5 Å². The number of ether oxygens (including phenoxy) is 2. The summed E-state index contributed by atoms with van der Waals surface area (Å²) in [6, 6.07) is 6.17. The number of carbonyl (C=O) groups is 5. The molecular formula is C34H53N5O7. The molecule has 256 valence electrons. The smallest absolute Gasteiger partial charge is 0.243 e. The van der Waals surface area contributed by atoms with E-state index >= 15 is 0 Å². The summed E-state index contributed by atoms with van der Waals surface area (Å²) in [4.78, 5) is 68.2. The van der Waals surface area contributed by atoms with Crippen LogP contribution in [0.5, 0.6) is 0 Å². The molecule has 0 aliphatic carbocycles. The van der Waals surface area contributed by atoms with Crippen LogP contribution in [0.3, 0.4) is 0 Å². The van der Waals surface area contributed by atoms with Gasteiger partial charge in [0, 0.05) is 13.1 Å². The molecule has 1 aromatic rings. The number of nitrogens with one attached hydrogen (secondary N) is 4. The molecule has 4 amide bonds. The summed E-state index contributed by atoms with van der Waals surface area (Å²) in [6.45, 7) is 13.9. The van der Waals surface area contributed by atoms with E-state index in [2.05, 4.69) is 21.3 Å². The lowest BCUT2D eigenvalue weighted by Gasteiger charge is -2.28. The Kier molecular flexibility index (Phi) is 14.1. The molecule has 2 heterocycles. The summed E-state index contributed by atoms with van der Waals surface area (Å²) in [5.74, 6) is -1.75. The fourth-order valence-corrected chi connectivity index (χ4v) is 5.40. The van der Waals surface area contributed by atoms with E-state index < -0.39 is 47.5 Å². The molecular weight excluding hydrogens is 590 g/mol. The predicted molar refractivity (Wildman–Crippen MR) is 174 cm³/mol. The minimum atomic E-state index is -0.962. The van der Waals surface area contributed by atoms with Gasteiger partial charge in [-0.2, -0.15) is 0 Å². The molecule has 2 fully saturated rings. The highest BCUT2D eigenvalue weighted by molar-refractivity contribution is 5.98. The van der Waals surface area contributed by atoms with Crippen LogP contribution in [0, 0.1) is 11.8 Å². The molecule has 46 heavy (non-hydrogen) atoms. The number of aryl methyl sites for hydroxylation is 1. The van der Waals surface area contributed by atoms with E-state index in [0.29, 0.717) is 58.6 Å². The Morgan fingerprint density at radius 1 is 0.783 bits per heavy atom. The van der Waals surface area contributed by atoms with E-state index in [1.807, 2.05) is 62.9 Å². The third-order valence-electron chi connectivity index (χ3n) is 8.22. The molecule has 0 bridgehead atoms. The van der Waals surface area contributed by atoms with E-state index in [1.54, 1.807) is 13.8 Å². The Balaban J connectivity index is 1.66. The van der Waals surface area contributed by atoms with Crippen LogP contribution in [0.15, 0.2) is 30.3 Å². The summed E-state index contributed by atoms with van der Waals surface area (Å²) in [6.07, 6.45) is 1.66. The van der Waals surface area contributed by atoms with Crippen molar-refractivity contribution in [3.05, 3.63) is 35.9 Å². The predicted octanol–water partition coefficient (Wildman–Crippen LogP) is 1.36. The quantitative estimate of drug-likeness (QED) is 0.175. The highest BCUT2D eigenvalue weighted by Gasteiger charge is 2.50. The summed E-state index contributed by atoms with van der Waals surface area (Å²) in [5.41, 5.74) is 0.135. The van der Waals surface area contributed by atoms with Gasteiger partial charge >= 0.3 is 0 Å². The summed E-state index contributed by atoms with van der Waals surface area (Å²) in [5, 5.41) is 11.2. The van der Waals surface area contributed by atoms with Gasteiger partial charge in [0.1, 0.15) is 23.7 Å². The van der Waals surface area contributed by atoms with E-state index in [1.165, 1.54) is 0 Å². The highest BCUT2D eigenvalue weighted by Crippen LogP contribution is 2.29. The van der Waals surface area contributed by atoms with Gasteiger partial charge in [-0.05, 0) is 56.9 Å². The first kappa shape index (κ1) is 37.1. The zero-order valence-corrected chi connectivity index (χ0v) is 28.2. The lowest BCUT2D eigenvalue weighted by molar-refractivity contribution is -0.135. The first-order chi connectivity index (χ1) is 21.8. The van der Waals surface area contributed by atoms with Gasteiger partial charge in [0.15, 0.2) is 5.78 Å². The number of benzene rings is 1.